The first-order valence-corrected chi connectivity index (χ1v) is 7.39. The van der Waals surface area contributed by atoms with Crippen molar-refractivity contribution in [2.24, 2.45) is 0 Å². The molecule has 4 nitrogen and oxygen atoms in total. The van der Waals surface area contributed by atoms with Gasteiger partial charge < -0.3 is 15.4 Å². The van der Waals surface area contributed by atoms with Gasteiger partial charge in [-0.3, -0.25) is 4.79 Å². The van der Waals surface area contributed by atoms with Gasteiger partial charge >= 0.3 is 0 Å². The summed E-state index contributed by atoms with van der Waals surface area (Å²) >= 11 is 3.37. The third-order valence-corrected chi connectivity index (χ3v) is 3.30. The number of carbonyl (C=O) groups excluding carboxylic acids is 1. The van der Waals surface area contributed by atoms with Crippen molar-refractivity contribution in [3.8, 4) is 5.75 Å². The Kier molecular flexibility index (Phi) is 5.78. The van der Waals surface area contributed by atoms with Crippen molar-refractivity contribution in [1.29, 1.82) is 0 Å². The predicted molar refractivity (Wildman–Crippen MR) is 87.5 cm³/mol. The largest absolute Gasteiger partial charge is 0.483 e. The average molecular weight is 349 g/mol. The first-order valence-electron chi connectivity index (χ1n) is 6.60. The molecule has 1 amide bonds. The minimum Gasteiger partial charge on any atom is -0.483 e. The zero-order valence-corrected chi connectivity index (χ0v) is 13.3. The summed E-state index contributed by atoms with van der Waals surface area (Å²) in [4.78, 5) is 11.9. The van der Waals surface area contributed by atoms with Crippen LogP contribution in [-0.2, 0) is 11.3 Å². The number of hydrogen-bond acceptors (Lipinski definition) is 3. The molecule has 2 aromatic rings. The van der Waals surface area contributed by atoms with Gasteiger partial charge in [0.1, 0.15) is 5.75 Å². The van der Waals surface area contributed by atoms with Gasteiger partial charge in [-0.25, -0.2) is 0 Å². The number of para-hydroxylation sites is 1. The van der Waals surface area contributed by atoms with Crippen LogP contribution in [0, 0.1) is 0 Å². The fraction of sp³-hybridized carbons (Fsp3) is 0.188. The van der Waals surface area contributed by atoms with E-state index < -0.39 is 0 Å². The molecule has 2 N–H and O–H groups in total. The van der Waals surface area contributed by atoms with Gasteiger partial charge in [0.25, 0.3) is 5.91 Å². The van der Waals surface area contributed by atoms with E-state index in [1.54, 1.807) is 0 Å². The molecule has 110 valence electrons. The second-order valence-electron chi connectivity index (χ2n) is 4.49. The number of benzene rings is 2. The molecular formula is C16H17BrN2O2. The van der Waals surface area contributed by atoms with Gasteiger partial charge in [0.05, 0.1) is 0 Å². The number of hydrogen-bond donors (Lipinski definition) is 2. The lowest BCUT2D eigenvalue weighted by Crippen LogP contribution is -2.20. The summed E-state index contributed by atoms with van der Waals surface area (Å²) in [5, 5.41) is 5.87. The molecule has 0 fully saturated rings. The number of nitrogens with one attached hydrogen (secondary N) is 2. The van der Waals surface area contributed by atoms with E-state index in [4.69, 9.17) is 4.74 Å². The van der Waals surface area contributed by atoms with Gasteiger partial charge in [0.15, 0.2) is 6.61 Å². The van der Waals surface area contributed by atoms with E-state index in [0.29, 0.717) is 6.54 Å². The molecule has 0 atom stereocenters. The van der Waals surface area contributed by atoms with E-state index in [0.717, 1.165) is 21.5 Å². The molecule has 0 unspecified atom stereocenters. The third kappa shape index (κ3) is 4.88. The quantitative estimate of drug-likeness (QED) is 0.842. The fourth-order valence-electron chi connectivity index (χ4n) is 1.89. The summed E-state index contributed by atoms with van der Waals surface area (Å²) < 4.78 is 6.51. The van der Waals surface area contributed by atoms with Crippen LogP contribution in [0.4, 0.5) is 5.69 Å². The molecule has 0 aliphatic carbocycles. The Morgan fingerprint density at radius 3 is 2.76 bits per heavy atom. The zero-order valence-electron chi connectivity index (χ0n) is 11.7. The summed E-state index contributed by atoms with van der Waals surface area (Å²) in [6, 6.07) is 15.1. The SMILES string of the molecule is CNCc1ccccc1OCC(=O)Nc1cccc(Br)c1. The molecule has 0 saturated carbocycles. The second-order valence-corrected chi connectivity index (χ2v) is 5.40. The Morgan fingerprint density at radius 2 is 2.00 bits per heavy atom. The molecule has 0 aliphatic rings. The van der Waals surface area contributed by atoms with Crippen molar-refractivity contribution in [2.75, 3.05) is 19.0 Å². The number of halogens is 1. The van der Waals surface area contributed by atoms with Gasteiger partial charge in [0.2, 0.25) is 0 Å². The number of ether oxygens (including phenoxy) is 1. The monoisotopic (exact) mass is 348 g/mol. The summed E-state index contributed by atoms with van der Waals surface area (Å²) in [7, 11) is 1.87. The molecular weight excluding hydrogens is 332 g/mol. The van der Waals surface area contributed by atoms with Crippen molar-refractivity contribution in [1.82, 2.24) is 5.32 Å². The van der Waals surface area contributed by atoms with Gasteiger partial charge in [-0.1, -0.05) is 40.2 Å². The third-order valence-electron chi connectivity index (χ3n) is 2.81. The van der Waals surface area contributed by atoms with Crippen molar-refractivity contribution >= 4 is 27.5 Å². The van der Waals surface area contributed by atoms with E-state index in [-0.39, 0.29) is 12.5 Å². The maximum atomic E-state index is 11.9. The Morgan fingerprint density at radius 1 is 1.19 bits per heavy atom. The zero-order chi connectivity index (χ0) is 15.1. The van der Waals surface area contributed by atoms with Crippen LogP contribution in [0.15, 0.2) is 53.0 Å². The van der Waals surface area contributed by atoms with Crippen LogP contribution in [0.3, 0.4) is 0 Å². The molecule has 0 aliphatic heterocycles. The lowest BCUT2D eigenvalue weighted by Gasteiger charge is -2.11. The predicted octanol–water partition coefficient (Wildman–Crippen LogP) is 3.19. The number of rotatable bonds is 6. The normalized spacial score (nSPS) is 10.2. The lowest BCUT2D eigenvalue weighted by molar-refractivity contribution is -0.118. The maximum absolute atomic E-state index is 11.9. The summed E-state index contributed by atoms with van der Waals surface area (Å²) in [6.07, 6.45) is 0. The highest BCUT2D eigenvalue weighted by Gasteiger charge is 2.06. The summed E-state index contributed by atoms with van der Waals surface area (Å²) in [5.74, 6) is 0.531. The fourth-order valence-corrected chi connectivity index (χ4v) is 2.29. The maximum Gasteiger partial charge on any atom is 0.262 e. The smallest absolute Gasteiger partial charge is 0.262 e. The molecule has 2 rings (SSSR count). The minimum atomic E-state index is -0.188. The highest BCUT2D eigenvalue weighted by Crippen LogP contribution is 2.18. The van der Waals surface area contributed by atoms with E-state index in [1.165, 1.54) is 0 Å². The summed E-state index contributed by atoms with van der Waals surface area (Å²) in [5.41, 5.74) is 1.76. The lowest BCUT2D eigenvalue weighted by atomic mass is 10.2. The molecule has 21 heavy (non-hydrogen) atoms. The van der Waals surface area contributed by atoms with Crippen LogP contribution in [0.5, 0.6) is 5.75 Å². The molecule has 0 aromatic heterocycles. The van der Waals surface area contributed by atoms with E-state index in [9.17, 15) is 4.79 Å². The molecule has 0 bridgehead atoms. The topological polar surface area (TPSA) is 50.4 Å². The Hall–Kier alpha value is -1.85. The standard InChI is InChI=1S/C16H17BrN2O2/c1-18-10-12-5-2-3-8-15(12)21-11-16(20)19-14-7-4-6-13(17)9-14/h2-9,18H,10-11H2,1H3,(H,19,20). The Bertz CT molecular complexity index is 617. The van der Waals surface area contributed by atoms with Crippen molar-refractivity contribution < 1.29 is 9.53 Å². The first-order chi connectivity index (χ1) is 10.2. The molecule has 5 heteroatoms. The number of amides is 1. The van der Waals surface area contributed by atoms with Gasteiger partial charge in [-0.2, -0.15) is 0 Å². The summed E-state index contributed by atoms with van der Waals surface area (Å²) in [6.45, 7) is 0.677. The van der Waals surface area contributed by atoms with E-state index in [1.807, 2.05) is 55.6 Å². The molecule has 2 aromatic carbocycles. The van der Waals surface area contributed by atoms with Crippen molar-refractivity contribution in [3.63, 3.8) is 0 Å². The molecule has 0 radical (unpaired) electrons. The van der Waals surface area contributed by atoms with E-state index in [2.05, 4.69) is 26.6 Å². The average Bonchev–Trinajstić information content (AvgIpc) is 2.47. The number of carbonyl (C=O) groups is 1. The van der Waals surface area contributed by atoms with Crippen LogP contribution >= 0.6 is 15.9 Å². The van der Waals surface area contributed by atoms with Crippen LogP contribution in [0.25, 0.3) is 0 Å². The van der Waals surface area contributed by atoms with Crippen LogP contribution in [-0.4, -0.2) is 19.6 Å². The van der Waals surface area contributed by atoms with E-state index >= 15 is 0 Å². The van der Waals surface area contributed by atoms with Gasteiger partial charge in [0, 0.05) is 22.3 Å². The highest BCUT2D eigenvalue weighted by molar-refractivity contribution is 9.10. The van der Waals surface area contributed by atoms with Crippen LogP contribution in [0.2, 0.25) is 0 Å². The second kappa shape index (κ2) is 7.81. The van der Waals surface area contributed by atoms with Crippen molar-refractivity contribution in [2.45, 2.75) is 6.54 Å². The van der Waals surface area contributed by atoms with Gasteiger partial charge in [-0.15, -0.1) is 0 Å². The van der Waals surface area contributed by atoms with Crippen LogP contribution in [0.1, 0.15) is 5.56 Å². The molecule has 0 heterocycles. The highest BCUT2D eigenvalue weighted by atomic mass is 79.9. The Labute approximate surface area is 132 Å². The molecule has 0 spiro atoms. The minimum absolute atomic E-state index is 0.0206. The number of anilines is 1. The van der Waals surface area contributed by atoms with Crippen LogP contribution < -0.4 is 15.4 Å². The Balaban J connectivity index is 1.92. The van der Waals surface area contributed by atoms with Crippen molar-refractivity contribution in [3.05, 3.63) is 58.6 Å². The first kappa shape index (κ1) is 15.5. The molecule has 0 saturated heterocycles. The van der Waals surface area contributed by atoms with Gasteiger partial charge in [-0.05, 0) is 31.3 Å².